The van der Waals surface area contributed by atoms with Gasteiger partial charge in [0.05, 0.1) is 23.8 Å². The first-order valence-electron chi connectivity index (χ1n) is 14.4. The predicted octanol–water partition coefficient (Wildman–Crippen LogP) is 7.38. The number of hydrogen-bond donors (Lipinski definition) is 1. The van der Waals surface area contributed by atoms with E-state index in [0.717, 1.165) is 34.2 Å². The van der Waals surface area contributed by atoms with Gasteiger partial charge in [0.25, 0.3) is 5.91 Å². The third kappa shape index (κ3) is 5.67. The Hall–Kier alpha value is -4.32. The van der Waals surface area contributed by atoms with Crippen LogP contribution in [-0.4, -0.2) is 25.9 Å². The summed E-state index contributed by atoms with van der Waals surface area (Å²) in [6, 6.07) is 32.8. The summed E-state index contributed by atoms with van der Waals surface area (Å²) in [6.07, 6.45) is 17.5. The molecule has 7 heteroatoms. The maximum atomic E-state index is 12.0. The number of aromatic nitrogens is 4. The topological polar surface area (TPSA) is 72.7 Å². The van der Waals surface area contributed by atoms with Crippen molar-refractivity contribution < 1.29 is 21.9 Å². The van der Waals surface area contributed by atoms with Gasteiger partial charge in [0.1, 0.15) is 11.4 Å². The number of hydrogen-bond acceptors (Lipinski definition) is 4. The van der Waals surface area contributed by atoms with Gasteiger partial charge in [-0.05, 0) is 95.8 Å². The van der Waals surface area contributed by atoms with Crippen molar-refractivity contribution in [3.05, 3.63) is 166 Å². The molecule has 2 saturated carbocycles. The number of rotatable bonds is 4. The summed E-state index contributed by atoms with van der Waals surface area (Å²) in [5.74, 6) is -0.188. The third-order valence-electron chi connectivity index (χ3n) is 7.96. The fourth-order valence-corrected chi connectivity index (χ4v) is 5.83. The van der Waals surface area contributed by atoms with E-state index in [-0.39, 0.29) is 23.0 Å². The molecule has 5 aromatic carbocycles. The standard InChI is InChI=1S/C23H14N3.C15H11N2O.Fe/c1-2-7-18(6-1)26-14-21(24-25-26)19-12-10-17-9-8-15-4-3-5-16-11-13-20(19)23(17)22(15)16;18-15(16-12-6-2-3-7-12)14-10-9-11-5-1-4-8-13(11)17-14;/h1-14H;1-10H,(H,16,18);/q;;+2. The minimum Gasteiger partial charge on any atom is -0.342 e. The van der Waals surface area contributed by atoms with E-state index >= 15 is 0 Å². The third-order valence-corrected chi connectivity index (χ3v) is 7.96. The Balaban J connectivity index is 0.000000151. The van der Waals surface area contributed by atoms with Crippen molar-refractivity contribution in [2.24, 2.45) is 0 Å². The van der Waals surface area contributed by atoms with Gasteiger partial charge in [-0.3, -0.25) is 4.79 Å². The molecule has 0 unspecified atom stereocenters. The normalized spacial score (nSPS) is 15.5. The Morgan fingerprint density at radius 1 is 0.644 bits per heavy atom. The summed E-state index contributed by atoms with van der Waals surface area (Å²) in [5, 5.41) is 20.2. The number of amides is 1. The van der Waals surface area contributed by atoms with Crippen LogP contribution in [0.2, 0.25) is 0 Å². The Kier molecular flexibility index (Phi) is 8.22. The zero-order chi connectivity index (χ0) is 29.5. The molecule has 2 fully saturated rings. The largest absolute Gasteiger partial charge is 2.00 e. The van der Waals surface area contributed by atoms with Gasteiger partial charge < -0.3 is 5.32 Å². The molecule has 7 aromatic rings. The Morgan fingerprint density at radius 3 is 2.09 bits per heavy atom. The summed E-state index contributed by atoms with van der Waals surface area (Å²) < 4.78 is 1.83. The van der Waals surface area contributed by atoms with Crippen LogP contribution in [0.15, 0.2) is 97.2 Å². The molecule has 2 aliphatic rings. The average molecular weight is 623 g/mol. The van der Waals surface area contributed by atoms with E-state index in [1.54, 1.807) is 6.07 Å². The van der Waals surface area contributed by atoms with E-state index in [4.69, 9.17) is 0 Å². The van der Waals surface area contributed by atoms with E-state index in [1.165, 1.54) is 32.3 Å². The van der Waals surface area contributed by atoms with E-state index in [2.05, 4.69) is 75.2 Å². The van der Waals surface area contributed by atoms with E-state index in [0.29, 0.717) is 5.69 Å². The van der Waals surface area contributed by atoms with Gasteiger partial charge in [0.15, 0.2) is 0 Å². The van der Waals surface area contributed by atoms with Crippen LogP contribution in [-0.2, 0) is 17.1 Å². The van der Waals surface area contributed by atoms with Gasteiger partial charge in [-0.2, -0.15) is 0 Å². The SMILES string of the molecule is O=C(N[C]1[CH][CH][CH][CH]1)c1ccc2ccccc2n1.[CH]1[CH][CH][C](n2cc(-c3ccc4ccc5cccc6ccc3c4c56)nn2)[CH]1.[Fe+2]. The molecule has 6 nitrogen and oxygen atoms in total. The molecular formula is C38H25FeN5O+2. The van der Waals surface area contributed by atoms with Crippen LogP contribution in [0.1, 0.15) is 10.5 Å². The van der Waals surface area contributed by atoms with Crippen molar-refractivity contribution in [3.63, 3.8) is 0 Å². The molecule has 2 aliphatic carbocycles. The second-order valence-corrected chi connectivity index (χ2v) is 10.7. The second-order valence-electron chi connectivity index (χ2n) is 10.7. The predicted molar refractivity (Wildman–Crippen MR) is 175 cm³/mol. The van der Waals surface area contributed by atoms with Gasteiger partial charge in [-0.1, -0.05) is 84.1 Å². The molecule has 0 saturated heterocycles. The molecule has 214 valence electrons. The van der Waals surface area contributed by atoms with Gasteiger partial charge in [0, 0.05) is 10.9 Å². The van der Waals surface area contributed by atoms with Crippen LogP contribution in [0.4, 0.5) is 0 Å². The van der Waals surface area contributed by atoms with Gasteiger partial charge in [0.2, 0.25) is 0 Å². The Labute approximate surface area is 273 Å². The number of pyridine rings is 1. The zero-order valence-electron chi connectivity index (χ0n) is 23.9. The minimum atomic E-state index is -0.188. The van der Waals surface area contributed by atoms with E-state index in [1.807, 2.05) is 92.6 Å². The number of carbonyl (C=O) groups excluding carboxylic acids is 1. The summed E-state index contributed by atoms with van der Waals surface area (Å²) in [7, 11) is 0. The van der Waals surface area contributed by atoms with Crippen LogP contribution < -0.4 is 5.32 Å². The van der Waals surface area contributed by atoms with Crippen molar-refractivity contribution in [3.8, 4) is 11.3 Å². The molecule has 0 spiro atoms. The van der Waals surface area contributed by atoms with Crippen LogP contribution in [0.25, 0.3) is 54.5 Å². The van der Waals surface area contributed by atoms with Gasteiger partial charge >= 0.3 is 17.1 Å². The van der Waals surface area contributed by atoms with Crippen molar-refractivity contribution in [1.82, 2.24) is 25.3 Å². The minimum absolute atomic E-state index is 0. The molecule has 10 radical (unpaired) electrons. The van der Waals surface area contributed by atoms with E-state index in [9.17, 15) is 4.79 Å². The number of nitrogens with one attached hydrogen (secondary N) is 1. The fourth-order valence-electron chi connectivity index (χ4n) is 5.83. The van der Waals surface area contributed by atoms with Gasteiger partial charge in [-0.15, -0.1) is 5.10 Å². The molecule has 2 heterocycles. The average Bonchev–Trinajstić information content (AvgIpc) is 3.87. The van der Waals surface area contributed by atoms with Crippen molar-refractivity contribution in [1.29, 1.82) is 0 Å². The Morgan fingerprint density at radius 2 is 1.29 bits per heavy atom. The first kappa shape index (κ1) is 29.4. The quantitative estimate of drug-likeness (QED) is 0.164. The number of nitrogens with zero attached hydrogens (tertiary/aromatic N) is 4. The molecule has 45 heavy (non-hydrogen) atoms. The number of fused-ring (bicyclic) bond motifs is 1. The molecule has 1 amide bonds. The number of para-hydroxylation sites is 1. The van der Waals surface area contributed by atoms with Crippen LogP contribution in [0.5, 0.6) is 0 Å². The van der Waals surface area contributed by atoms with Crippen LogP contribution >= 0.6 is 0 Å². The summed E-state index contributed by atoms with van der Waals surface area (Å²) >= 11 is 0. The number of benzene rings is 5. The molecule has 1 N–H and O–H groups in total. The molecular weight excluding hydrogens is 598 g/mol. The molecule has 0 aliphatic heterocycles. The molecule has 0 atom stereocenters. The van der Waals surface area contributed by atoms with Crippen molar-refractivity contribution >= 4 is 49.1 Å². The number of carbonyl (C=O) groups is 1. The monoisotopic (exact) mass is 623 g/mol. The first-order chi connectivity index (χ1) is 21.7. The second kappa shape index (κ2) is 12.6. The van der Waals surface area contributed by atoms with Crippen molar-refractivity contribution in [2.75, 3.05) is 0 Å². The first-order valence-corrected chi connectivity index (χ1v) is 14.4. The van der Waals surface area contributed by atoms with Crippen LogP contribution in [0.3, 0.4) is 0 Å². The zero-order valence-corrected chi connectivity index (χ0v) is 25.0. The maximum Gasteiger partial charge on any atom is 2.00 e. The van der Waals surface area contributed by atoms with Crippen molar-refractivity contribution in [2.45, 2.75) is 0 Å². The summed E-state index contributed by atoms with van der Waals surface area (Å²) in [4.78, 5) is 16.3. The summed E-state index contributed by atoms with van der Waals surface area (Å²) in [6.45, 7) is 0. The fraction of sp³-hybridized carbons (Fsp3) is 0. The van der Waals surface area contributed by atoms with E-state index < -0.39 is 0 Å². The summed E-state index contributed by atoms with van der Waals surface area (Å²) in [5.41, 5.74) is 3.26. The smallest absolute Gasteiger partial charge is 0.342 e. The Bertz CT molecular complexity index is 2090. The van der Waals surface area contributed by atoms with Gasteiger partial charge in [-0.25, -0.2) is 9.67 Å². The molecule has 0 bridgehead atoms. The molecule has 2 aromatic heterocycles. The molecule has 9 rings (SSSR count). The van der Waals surface area contributed by atoms with Crippen LogP contribution in [0, 0.1) is 63.5 Å². The maximum absolute atomic E-state index is 12.0.